The Labute approximate surface area is 391 Å². The standard InChI is InChI=1S/C57H105NO5/c1-4-7-10-13-16-19-21-23-25-27-28-30-32-34-36-38-41-44-47-50-57(62)63-53(48-45-42-39-18-15-12-9-6-3)51-56(61)58-54(52-59)55(60)49-46-43-40-37-35-33-31-29-26-24-22-20-17-14-11-8-5-2/h16,19,23,25,28,30,34,36,53-55,59-60H,4-15,17-18,20-22,24,26-27,29,31-33,35,37-52H2,1-3H3,(H,58,61)/b19-16-,25-23-,30-28-,36-34-. The number of amides is 1. The van der Waals surface area contributed by atoms with Crippen LogP contribution in [0.1, 0.15) is 278 Å². The van der Waals surface area contributed by atoms with Crippen molar-refractivity contribution >= 4 is 11.9 Å². The number of rotatable bonds is 49. The quantitative estimate of drug-likeness (QED) is 0.0321. The van der Waals surface area contributed by atoms with E-state index in [1.165, 1.54) is 148 Å². The Morgan fingerprint density at radius 1 is 0.460 bits per heavy atom. The van der Waals surface area contributed by atoms with Gasteiger partial charge in [0.1, 0.15) is 6.10 Å². The molecule has 63 heavy (non-hydrogen) atoms. The third kappa shape index (κ3) is 46.2. The number of aliphatic hydroxyl groups excluding tert-OH is 2. The van der Waals surface area contributed by atoms with E-state index in [0.29, 0.717) is 19.3 Å². The van der Waals surface area contributed by atoms with Gasteiger partial charge in [-0.2, -0.15) is 0 Å². The van der Waals surface area contributed by atoms with Crippen LogP contribution in [0.3, 0.4) is 0 Å². The van der Waals surface area contributed by atoms with Crippen LogP contribution >= 0.6 is 0 Å². The number of aliphatic hydroxyl groups is 2. The molecule has 0 aromatic carbocycles. The molecule has 0 aliphatic rings. The molecule has 3 N–H and O–H groups in total. The van der Waals surface area contributed by atoms with Crippen LogP contribution in [0.15, 0.2) is 48.6 Å². The minimum absolute atomic E-state index is 0.0661. The van der Waals surface area contributed by atoms with Crippen LogP contribution in [-0.2, 0) is 14.3 Å². The summed E-state index contributed by atoms with van der Waals surface area (Å²) in [7, 11) is 0. The molecule has 1 amide bonds. The molecule has 0 bridgehead atoms. The molecule has 0 saturated heterocycles. The SMILES string of the molecule is CCCCC/C=C\C/C=C\C/C=C\C/C=C\CCCCCC(=O)OC(CCCCCCCCCC)CC(=O)NC(CO)C(O)CCCCCCCCCCCCCCCCCCC. The van der Waals surface area contributed by atoms with Gasteiger partial charge in [0, 0.05) is 6.42 Å². The van der Waals surface area contributed by atoms with E-state index in [1.807, 2.05) is 0 Å². The first-order chi connectivity index (χ1) is 31.0. The number of unbranched alkanes of at least 4 members (excludes halogenated alkanes) is 29. The van der Waals surface area contributed by atoms with Crippen LogP contribution in [0.5, 0.6) is 0 Å². The fraction of sp³-hybridized carbons (Fsp3) is 0.825. The van der Waals surface area contributed by atoms with Crippen molar-refractivity contribution in [2.75, 3.05) is 6.61 Å². The normalized spacial score (nSPS) is 13.5. The summed E-state index contributed by atoms with van der Waals surface area (Å²) in [4.78, 5) is 26.1. The van der Waals surface area contributed by atoms with Crippen LogP contribution in [-0.4, -0.2) is 46.9 Å². The zero-order valence-electron chi connectivity index (χ0n) is 42.0. The van der Waals surface area contributed by atoms with E-state index in [0.717, 1.165) is 83.5 Å². The maximum atomic E-state index is 13.2. The summed E-state index contributed by atoms with van der Waals surface area (Å²) in [5, 5.41) is 23.8. The van der Waals surface area contributed by atoms with E-state index in [1.54, 1.807) is 0 Å². The number of nitrogens with one attached hydrogen (secondary N) is 1. The molecule has 0 aromatic rings. The van der Waals surface area contributed by atoms with Gasteiger partial charge in [-0.05, 0) is 70.6 Å². The summed E-state index contributed by atoms with van der Waals surface area (Å²) in [5.74, 6) is -0.505. The molecule has 6 heteroatoms. The van der Waals surface area contributed by atoms with Gasteiger partial charge >= 0.3 is 5.97 Å². The van der Waals surface area contributed by atoms with Crippen molar-refractivity contribution in [3.05, 3.63) is 48.6 Å². The smallest absolute Gasteiger partial charge is 0.306 e. The molecule has 3 atom stereocenters. The number of allylic oxidation sites excluding steroid dienone is 8. The third-order valence-corrected chi connectivity index (χ3v) is 12.4. The van der Waals surface area contributed by atoms with Gasteiger partial charge in [-0.15, -0.1) is 0 Å². The number of carbonyl (C=O) groups is 2. The van der Waals surface area contributed by atoms with Crippen LogP contribution in [0, 0.1) is 0 Å². The summed E-state index contributed by atoms with van der Waals surface area (Å²) in [5.41, 5.74) is 0. The van der Waals surface area contributed by atoms with Crippen molar-refractivity contribution in [1.29, 1.82) is 0 Å². The van der Waals surface area contributed by atoms with Crippen molar-refractivity contribution in [2.45, 2.75) is 296 Å². The molecule has 0 aromatic heterocycles. The van der Waals surface area contributed by atoms with Crippen molar-refractivity contribution in [3.63, 3.8) is 0 Å². The fourth-order valence-corrected chi connectivity index (χ4v) is 8.24. The third-order valence-electron chi connectivity index (χ3n) is 12.4. The van der Waals surface area contributed by atoms with E-state index in [2.05, 4.69) is 74.7 Å². The van der Waals surface area contributed by atoms with E-state index in [-0.39, 0.29) is 24.9 Å². The topological polar surface area (TPSA) is 95.9 Å². The summed E-state index contributed by atoms with van der Waals surface area (Å²) < 4.78 is 5.91. The van der Waals surface area contributed by atoms with E-state index < -0.39 is 18.2 Å². The Morgan fingerprint density at radius 3 is 1.24 bits per heavy atom. The molecule has 0 rings (SSSR count). The molecule has 0 aliphatic heterocycles. The summed E-state index contributed by atoms with van der Waals surface area (Å²) >= 11 is 0. The van der Waals surface area contributed by atoms with Crippen LogP contribution in [0.4, 0.5) is 0 Å². The maximum absolute atomic E-state index is 13.2. The predicted molar refractivity (Wildman–Crippen MR) is 273 cm³/mol. The first kappa shape index (κ1) is 60.8. The van der Waals surface area contributed by atoms with Gasteiger partial charge < -0.3 is 20.3 Å². The molecule has 0 spiro atoms. The van der Waals surface area contributed by atoms with Crippen molar-refractivity contribution in [2.24, 2.45) is 0 Å². The second-order valence-electron chi connectivity index (χ2n) is 18.6. The molecule has 0 fully saturated rings. The molecular weight excluding hydrogens is 779 g/mol. The molecule has 0 heterocycles. The fourth-order valence-electron chi connectivity index (χ4n) is 8.24. The zero-order valence-corrected chi connectivity index (χ0v) is 42.0. The lowest BCUT2D eigenvalue weighted by atomic mass is 10.0. The summed E-state index contributed by atoms with van der Waals surface area (Å²) in [6.07, 6.45) is 61.8. The highest BCUT2D eigenvalue weighted by Gasteiger charge is 2.24. The van der Waals surface area contributed by atoms with Crippen molar-refractivity contribution in [3.8, 4) is 0 Å². The Bertz CT molecular complexity index is 1080. The lowest BCUT2D eigenvalue weighted by molar-refractivity contribution is -0.151. The maximum Gasteiger partial charge on any atom is 0.306 e. The average molecular weight is 884 g/mol. The van der Waals surface area contributed by atoms with Gasteiger partial charge in [0.25, 0.3) is 0 Å². The number of esters is 1. The van der Waals surface area contributed by atoms with Crippen LogP contribution < -0.4 is 5.32 Å². The average Bonchev–Trinajstić information content (AvgIpc) is 3.28. The van der Waals surface area contributed by atoms with E-state index in [4.69, 9.17) is 4.74 Å². The van der Waals surface area contributed by atoms with Crippen molar-refractivity contribution in [1.82, 2.24) is 5.32 Å². The minimum atomic E-state index is -0.792. The van der Waals surface area contributed by atoms with Gasteiger partial charge in [-0.3, -0.25) is 9.59 Å². The molecule has 6 nitrogen and oxygen atoms in total. The molecule has 0 aliphatic carbocycles. The van der Waals surface area contributed by atoms with Gasteiger partial charge in [0.15, 0.2) is 0 Å². The first-order valence-electron chi connectivity index (χ1n) is 27.4. The van der Waals surface area contributed by atoms with Gasteiger partial charge in [0.05, 0.1) is 25.2 Å². The summed E-state index contributed by atoms with van der Waals surface area (Å²) in [6, 6.07) is -0.706. The predicted octanol–water partition coefficient (Wildman–Crippen LogP) is 16.6. The number of carbonyl (C=O) groups excluding carboxylic acids is 2. The minimum Gasteiger partial charge on any atom is -0.462 e. The number of hydrogen-bond donors (Lipinski definition) is 3. The Morgan fingerprint density at radius 2 is 0.810 bits per heavy atom. The van der Waals surface area contributed by atoms with Gasteiger partial charge in [0.2, 0.25) is 5.91 Å². The highest BCUT2D eigenvalue weighted by Crippen LogP contribution is 2.18. The molecule has 0 saturated carbocycles. The molecule has 0 radical (unpaired) electrons. The van der Waals surface area contributed by atoms with E-state index in [9.17, 15) is 19.8 Å². The molecular formula is C57H105NO5. The number of hydrogen-bond acceptors (Lipinski definition) is 5. The largest absolute Gasteiger partial charge is 0.462 e. The second-order valence-corrected chi connectivity index (χ2v) is 18.6. The summed E-state index contributed by atoms with van der Waals surface area (Å²) in [6.45, 7) is 6.45. The molecule has 3 unspecified atom stereocenters. The molecule has 368 valence electrons. The van der Waals surface area contributed by atoms with Gasteiger partial charge in [-0.25, -0.2) is 0 Å². The van der Waals surface area contributed by atoms with Crippen LogP contribution in [0.25, 0.3) is 0 Å². The lowest BCUT2D eigenvalue weighted by Crippen LogP contribution is -2.46. The zero-order chi connectivity index (χ0) is 45.9. The Hall–Kier alpha value is -2.18. The van der Waals surface area contributed by atoms with Crippen LogP contribution in [0.2, 0.25) is 0 Å². The number of ether oxygens (including phenoxy) is 1. The highest BCUT2D eigenvalue weighted by molar-refractivity contribution is 5.77. The lowest BCUT2D eigenvalue weighted by Gasteiger charge is -2.24. The monoisotopic (exact) mass is 884 g/mol. The second kappa shape index (κ2) is 50.8. The van der Waals surface area contributed by atoms with E-state index >= 15 is 0 Å². The highest BCUT2D eigenvalue weighted by atomic mass is 16.5. The van der Waals surface area contributed by atoms with Crippen molar-refractivity contribution < 1.29 is 24.5 Å². The first-order valence-corrected chi connectivity index (χ1v) is 27.4. The Kier molecular flexibility index (Phi) is 49.1. The Balaban J connectivity index is 4.41. The van der Waals surface area contributed by atoms with Gasteiger partial charge in [-0.1, -0.05) is 243 Å².